The Labute approximate surface area is 88.3 Å². The minimum absolute atomic E-state index is 0.193. The van der Waals surface area contributed by atoms with Crippen molar-refractivity contribution in [1.82, 2.24) is 4.90 Å². The molecule has 0 heterocycles. The van der Waals surface area contributed by atoms with E-state index in [2.05, 4.69) is 18.7 Å². The summed E-state index contributed by atoms with van der Waals surface area (Å²) in [5.41, 5.74) is 5.98. The smallest absolute Gasteiger partial charge is 0.0638 e. The molecular weight excluding hydrogens is 176 g/mol. The molecule has 0 aromatic rings. The highest BCUT2D eigenvalue weighted by molar-refractivity contribution is 4.78. The average molecular weight is 202 g/mol. The number of hydrogen-bond donors (Lipinski definition) is 2. The van der Waals surface area contributed by atoms with Crippen molar-refractivity contribution in [3.63, 3.8) is 0 Å². The van der Waals surface area contributed by atoms with E-state index >= 15 is 0 Å². The molecule has 0 aliphatic carbocycles. The second kappa shape index (κ2) is 6.38. The number of rotatable bonds is 7. The molecule has 0 fully saturated rings. The van der Waals surface area contributed by atoms with Gasteiger partial charge in [0, 0.05) is 13.1 Å². The normalized spacial score (nSPS) is 18.2. The maximum absolute atomic E-state index is 9.25. The summed E-state index contributed by atoms with van der Waals surface area (Å²) in [6.45, 7) is 8.61. The Morgan fingerprint density at radius 2 is 2.07 bits per heavy atom. The molecule has 0 bridgehead atoms. The van der Waals surface area contributed by atoms with Crippen molar-refractivity contribution in [3.8, 4) is 0 Å². The number of aliphatic hydroxyl groups excluding tert-OH is 1. The lowest BCUT2D eigenvalue weighted by atomic mass is 9.85. The topological polar surface area (TPSA) is 49.5 Å². The third-order valence-electron chi connectivity index (χ3n) is 2.57. The van der Waals surface area contributed by atoms with E-state index in [9.17, 15) is 5.11 Å². The van der Waals surface area contributed by atoms with Crippen molar-refractivity contribution < 1.29 is 5.11 Å². The van der Waals surface area contributed by atoms with Crippen LogP contribution >= 0.6 is 0 Å². The predicted molar refractivity (Wildman–Crippen MR) is 61.2 cm³/mol. The molecule has 0 aliphatic heterocycles. The first kappa shape index (κ1) is 13.9. The largest absolute Gasteiger partial charge is 0.392 e. The van der Waals surface area contributed by atoms with Crippen LogP contribution in [-0.4, -0.2) is 42.8 Å². The standard InChI is InChI=1S/C11H26N2O/c1-5-6-11(3,8-12)9-13(4)7-10(2)14/h10,14H,5-9,12H2,1-4H3. The SMILES string of the molecule is CCCC(C)(CN)CN(C)CC(C)O. The maximum atomic E-state index is 9.25. The molecule has 0 saturated carbocycles. The molecule has 0 rings (SSSR count). The highest BCUT2D eigenvalue weighted by atomic mass is 16.3. The van der Waals surface area contributed by atoms with Gasteiger partial charge in [-0.1, -0.05) is 20.3 Å². The van der Waals surface area contributed by atoms with Crippen LogP contribution in [0.5, 0.6) is 0 Å². The first-order valence-corrected chi connectivity index (χ1v) is 5.50. The van der Waals surface area contributed by atoms with Crippen LogP contribution in [0.4, 0.5) is 0 Å². The van der Waals surface area contributed by atoms with Crippen LogP contribution in [-0.2, 0) is 0 Å². The molecule has 0 aromatic carbocycles. The first-order valence-electron chi connectivity index (χ1n) is 5.50. The maximum Gasteiger partial charge on any atom is 0.0638 e. The summed E-state index contributed by atoms with van der Waals surface area (Å²) in [6.07, 6.45) is 2.05. The lowest BCUT2D eigenvalue weighted by Gasteiger charge is -2.33. The molecule has 2 atom stereocenters. The lowest BCUT2D eigenvalue weighted by molar-refractivity contribution is 0.109. The van der Waals surface area contributed by atoms with Crippen molar-refractivity contribution in [2.75, 3.05) is 26.7 Å². The Morgan fingerprint density at radius 3 is 2.43 bits per heavy atom. The van der Waals surface area contributed by atoms with Crippen molar-refractivity contribution in [2.45, 2.75) is 39.7 Å². The van der Waals surface area contributed by atoms with E-state index in [1.165, 1.54) is 0 Å². The number of aliphatic hydroxyl groups is 1. The van der Waals surface area contributed by atoms with E-state index in [4.69, 9.17) is 5.73 Å². The molecular formula is C11H26N2O. The summed E-state index contributed by atoms with van der Waals surface area (Å²) in [7, 11) is 2.04. The average Bonchev–Trinajstić information content (AvgIpc) is 2.02. The van der Waals surface area contributed by atoms with E-state index in [1.807, 2.05) is 14.0 Å². The molecule has 3 heteroatoms. The fourth-order valence-electron chi connectivity index (χ4n) is 2.02. The van der Waals surface area contributed by atoms with E-state index in [1.54, 1.807) is 0 Å². The van der Waals surface area contributed by atoms with Crippen LogP contribution in [0.1, 0.15) is 33.6 Å². The highest BCUT2D eigenvalue weighted by Crippen LogP contribution is 2.22. The number of nitrogens with zero attached hydrogens (tertiary/aromatic N) is 1. The molecule has 0 aliphatic rings. The number of nitrogens with two attached hydrogens (primary N) is 1. The van der Waals surface area contributed by atoms with Gasteiger partial charge in [-0.3, -0.25) is 0 Å². The summed E-state index contributed by atoms with van der Waals surface area (Å²) < 4.78 is 0. The van der Waals surface area contributed by atoms with Gasteiger partial charge in [0.25, 0.3) is 0 Å². The Kier molecular flexibility index (Phi) is 6.33. The Bertz CT molecular complexity index is 150. The van der Waals surface area contributed by atoms with E-state index in [-0.39, 0.29) is 11.5 Å². The number of likely N-dealkylation sites (N-methyl/N-ethyl adjacent to an activating group) is 1. The quantitative estimate of drug-likeness (QED) is 0.649. The Balaban J connectivity index is 4.02. The molecule has 14 heavy (non-hydrogen) atoms. The fourth-order valence-corrected chi connectivity index (χ4v) is 2.02. The van der Waals surface area contributed by atoms with Crippen LogP contribution in [0.2, 0.25) is 0 Å². The van der Waals surface area contributed by atoms with Crippen molar-refractivity contribution >= 4 is 0 Å². The summed E-state index contributed by atoms with van der Waals surface area (Å²) in [6, 6.07) is 0. The van der Waals surface area contributed by atoms with Gasteiger partial charge in [-0.25, -0.2) is 0 Å². The third kappa shape index (κ3) is 5.58. The Morgan fingerprint density at radius 1 is 1.50 bits per heavy atom. The van der Waals surface area contributed by atoms with E-state index in [0.717, 1.165) is 25.9 Å². The second-order valence-electron chi connectivity index (χ2n) is 4.81. The van der Waals surface area contributed by atoms with Gasteiger partial charge in [0.1, 0.15) is 0 Å². The first-order chi connectivity index (χ1) is 6.43. The van der Waals surface area contributed by atoms with E-state index < -0.39 is 0 Å². The van der Waals surface area contributed by atoms with Crippen LogP contribution in [0, 0.1) is 5.41 Å². The van der Waals surface area contributed by atoms with Gasteiger partial charge in [-0.05, 0) is 32.4 Å². The molecule has 3 N–H and O–H groups in total. The highest BCUT2D eigenvalue weighted by Gasteiger charge is 2.23. The molecule has 0 saturated heterocycles. The van der Waals surface area contributed by atoms with Gasteiger partial charge in [0.15, 0.2) is 0 Å². The van der Waals surface area contributed by atoms with Gasteiger partial charge < -0.3 is 15.7 Å². The van der Waals surface area contributed by atoms with Gasteiger partial charge in [-0.15, -0.1) is 0 Å². The molecule has 86 valence electrons. The molecule has 0 aromatic heterocycles. The minimum Gasteiger partial charge on any atom is -0.392 e. The lowest BCUT2D eigenvalue weighted by Crippen LogP contribution is -2.41. The van der Waals surface area contributed by atoms with Crippen LogP contribution < -0.4 is 5.73 Å². The van der Waals surface area contributed by atoms with Crippen LogP contribution in [0.15, 0.2) is 0 Å². The summed E-state index contributed by atoms with van der Waals surface area (Å²) >= 11 is 0. The third-order valence-corrected chi connectivity index (χ3v) is 2.57. The second-order valence-corrected chi connectivity index (χ2v) is 4.81. The van der Waals surface area contributed by atoms with Crippen LogP contribution in [0.3, 0.4) is 0 Å². The van der Waals surface area contributed by atoms with Crippen LogP contribution in [0.25, 0.3) is 0 Å². The molecule has 3 nitrogen and oxygen atoms in total. The van der Waals surface area contributed by atoms with Gasteiger partial charge >= 0.3 is 0 Å². The molecule has 0 radical (unpaired) electrons. The fraction of sp³-hybridized carbons (Fsp3) is 1.00. The Hall–Kier alpha value is -0.120. The molecule has 2 unspecified atom stereocenters. The minimum atomic E-state index is -0.261. The van der Waals surface area contributed by atoms with Crippen molar-refractivity contribution in [2.24, 2.45) is 11.1 Å². The predicted octanol–water partition coefficient (Wildman–Crippen LogP) is 1.06. The van der Waals surface area contributed by atoms with Crippen molar-refractivity contribution in [3.05, 3.63) is 0 Å². The van der Waals surface area contributed by atoms with Gasteiger partial charge in [0.05, 0.1) is 6.10 Å². The monoisotopic (exact) mass is 202 g/mol. The van der Waals surface area contributed by atoms with E-state index in [0.29, 0.717) is 6.54 Å². The summed E-state index contributed by atoms with van der Waals surface area (Å²) in [4.78, 5) is 2.16. The van der Waals surface area contributed by atoms with Gasteiger partial charge in [-0.2, -0.15) is 0 Å². The zero-order valence-electron chi connectivity index (χ0n) is 10.1. The zero-order chi connectivity index (χ0) is 11.2. The molecule has 0 amide bonds. The zero-order valence-corrected chi connectivity index (χ0v) is 10.1. The molecule has 0 spiro atoms. The number of hydrogen-bond acceptors (Lipinski definition) is 3. The summed E-state index contributed by atoms with van der Waals surface area (Å²) in [5.74, 6) is 0. The van der Waals surface area contributed by atoms with Gasteiger partial charge in [0.2, 0.25) is 0 Å². The van der Waals surface area contributed by atoms with Crippen molar-refractivity contribution in [1.29, 1.82) is 0 Å². The summed E-state index contributed by atoms with van der Waals surface area (Å²) in [5, 5.41) is 9.25.